The van der Waals surface area contributed by atoms with Crippen LogP contribution in [0.1, 0.15) is 24.4 Å². The summed E-state index contributed by atoms with van der Waals surface area (Å²) in [6.07, 6.45) is 3.89. The second-order valence-corrected chi connectivity index (χ2v) is 6.87. The van der Waals surface area contributed by atoms with Gasteiger partial charge in [-0.25, -0.2) is 4.98 Å². The molecule has 1 unspecified atom stereocenters. The minimum atomic E-state index is -0.0993. The number of benzene rings is 1. The highest BCUT2D eigenvalue weighted by molar-refractivity contribution is 7.99. The summed E-state index contributed by atoms with van der Waals surface area (Å²) < 4.78 is 1.67. The third-order valence-electron chi connectivity index (χ3n) is 4.44. The number of aryl methyl sites for hydroxylation is 1. The third-order valence-corrected chi connectivity index (χ3v) is 5.55. The minimum Gasteiger partial charge on any atom is -0.312 e. The summed E-state index contributed by atoms with van der Waals surface area (Å²) in [4.78, 5) is 31.0. The summed E-state index contributed by atoms with van der Waals surface area (Å²) >= 11 is 1.55. The molecule has 23 heavy (non-hydrogen) atoms. The van der Waals surface area contributed by atoms with Crippen LogP contribution in [0.25, 0.3) is 0 Å². The number of fused-ring (bicyclic) bond motifs is 2. The summed E-state index contributed by atoms with van der Waals surface area (Å²) in [5.41, 5.74) is 2.18. The van der Waals surface area contributed by atoms with Gasteiger partial charge in [0.25, 0.3) is 5.56 Å². The normalized spacial score (nSPS) is 19.3. The second-order valence-electron chi connectivity index (χ2n) is 5.88. The van der Waals surface area contributed by atoms with E-state index in [2.05, 4.69) is 11.1 Å². The molecule has 3 heterocycles. The SMILES string of the molecule is O=C(CC1CSc2nccc(=O)n21)N1CCCc2ccccc21. The molecular weight excluding hydrogens is 310 g/mol. The summed E-state index contributed by atoms with van der Waals surface area (Å²) in [6.45, 7) is 0.754. The fourth-order valence-corrected chi connectivity index (χ4v) is 4.47. The molecule has 0 saturated carbocycles. The predicted molar refractivity (Wildman–Crippen MR) is 90.0 cm³/mol. The number of carbonyl (C=O) groups is 1. The zero-order valence-electron chi connectivity index (χ0n) is 12.6. The topological polar surface area (TPSA) is 55.2 Å². The second kappa shape index (κ2) is 5.85. The van der Waals surface area contributed by atoms with E-state index in [4.69, 9.17) is 0 Å². The van der Waals surface area contributed by atoms with Crippen molar-refractivity contribution in [2.75, 3.05) is 17.2 Å². The molecule has 5 nitrogen and oxygen atoms in total. The Kier molecular flexibility index (Phi) is 3.69. The molecule has 1 aromatic carbocycles. The Morgan fingerprint density at radius 2 is 2.17 bits per heavy atom. The van der Waals surface area contributed by atoms with Gasteiger partial charge in [0.15, 0.2) is 5.16 Å². The van der Waals surface area contributed by atoms with Crippen molar-refractivity contribution in [3.8, 4) is 0 Å². The lowest BCUT2D eigenvalue weighted by atomic mass is 10.0. The average molecular weight is 327 g/mol. The van der Waals surface area contributed by atoms with E-state index in [1.54, 1.807) is 16.3 Å². The van der Waals surface area contributed by atoms with Gasteiger partial charge in [-0.3, -0.25) is 14.2 Å². The number of hydrogen-bond acceptors (Lipinski definition) is 4. The number of thioether (sulfide) groups is 1. The quantitative estimate of drug-likeness (QED) is 0.794. The maximum absolute atomic E-state index is 12.8. The van der Waals surface area contributed by atoms with E-state index in [1.807, 2.05) is 23.1 Å². The summed E-state index contributed by atoms with van der Waals surface area (Å²) in [5, 5.41) is 0.717. The fourth-order valence-electron chi connectivity index (χ4n) is 3.34. The van der Waals surface area contributed by atoms with Crippen LogP contribution in [-0.2, 0) is 11.2 Å². The van der Waals surface area contributed by atoms with Crippen molar-refractivity contribution in [2.45, 2.75) is 30.5 Å². The molecule has 0 saturated heterocycles. The molecule has 2 aromatic rings. The molecule has 118 valence electrons. The van der Waals surface area contributed by atoms with Gasteiger partial charge < -0.3 is 4.90 Å². The van der Waals surface area contributed by atoms with Gasteiger partial charge in [-0.05, 0) is 24.5 Å². The Balaban J connectivity index is 1.58. The first-order chi connectivity index (χ1) is 11.2. The molecule has 1 atom stereocenters. The van der Waals surface area contributed by atoms with E-state index in [-0.39, 0.29) is 17.5 Å². The zero-order valence-corrected chi connectivity index (χ0v) is 13.5. The molecule has 0 fully saturated rings. The fraction of sp³-hybridized carbons (Fsp3) is 0.353. The number of aromatic nitrogens is 2. The standard InChI is InChI=1S/C17H17N3O2S/c21-15-7-8-18-17-20(15)13(11-23-17)10-16(22)19-9-3-5-12-4-1-2-6-14(12)19/h1-2,4,6-8,13H,3,5,9-11H2. The van der Waals surface area contributed by atoms with Crippen LogP contribution in [0.5, 0.6) is 0 Å². The Morgan fingerprint density at radius 3 is 3.09 bits per heavy atom. The maximum Gasteiger partial charge on any atom is 0.254 e. The van der Waals surface area contributed by atoms with Gasteiger partial charge >= 0.3 is 0 Å². The van der Waals surface area contributed by atoms with E-state index >= 15 is 0 Å². The Hall–Kier alpha value is -2.08. The molecule has 1 aromatic heterocycles. The highest BCUT2D eigenvalue weighted by atomic mass is 32.2. The molecular formula is C17H17N3O2S. The van der Waals surface area contributed by atoms with E-state index in [9.17, 15) is 9.59 Å². The van der Waals surface area contributed by atoms with Crippen LogP contribution in [0.4, 0.5) is 5.69 Å². The molecule has 0 N–H and O–H groups in total. The number of carbonyl (C=O) groups excluding carboxylic acids is 1. The molecule has 2 aliphatic heterocycles. The van der Waals surface area contributed by atoms with Crippen molar-refractivity contribution >= 4 is 23.4 Å². The van der Waals surface area contributed by atoms with Crippen LogP contribution in [0, 0.1) is 0 Å². The molecule has 1 amide bonds. The number of hydrogen-bond donors (Lipinski definition) is 0. The van der Waals surface area contributed by atoms with Crippen molar-refractivity contribution in [1.82, 2.24) is 9.55 Å². The van der Waals surface area contributed by atoms with E-state index in [1.165, 1.54) is 17.8 Å². The van der Waals surface area contributed by atoms with E-state index in [0.717, 1.165) is 30.8 Å². The highest BCUT2D eigenvalue weighted by Gasteiger charge is 2.30. The van der Waals surface area contributed by atoms with Crippen molar-refractivity contribution in [3.63, 3.8) is 0 Å². The molecule has 0 aliphatic carbocycles. The van der Waals surface area contributed by atoms with Crippen LogP contribution in [-0.4, -0.2) is 27.8 Å². The predicted octanol–water partition coefficient (Wildman–Crippen LogP) is 2.26. The monoisotopic (exact) mass is 327 g/mol. The molecule has 6 heteroatoms. The van der Waals surface area contributed by atoms with Gasteiger partial charge in [0.1, 0.15) is 0 Å². The van der Waals surface area contributed by atoms with Gasteiger partial charge in [-0.15, -0.1) is 0 Å². The first kappa shape index (κ1) is 14.5. The number of para-hydroxylation sites is 1. The van der Waals surface area contributed by atoms with Gasteiger partial charge in [0, 0.05) is 36.7 Å². The molecule has 0 spiro atoms. The zero-order chi connectivity index (χ0) is 15.8. The summed E-state index contributed by atoms with van der Waals surface area (Å²) in [6, 6.07) is 9.45. The van der Waals surface area contributed by atoms with Gasteiger partial charge in [-0.2, -0.15) is 0 Å². The largest absolute Gasteiger partial charge is 0.312 e. The summed E-state index contributed by atoms with van der Waals surface area (Å²) in [5.74, 6) is 0.819. The van der Waals surface area contributed by atoms with Crippen molar-refractivity contribution < 1.29 is 4.79 Å². The smallest absolute Gasteiger partial charge is 0.254 e. The lowest BCUT2D eigenvalue weighted by molar-refractivity contribution is -0.119. The minimum absolute atomic E-state index is 0.0724. The highest BCUT2D eigenvalue weighted by Crippen LogP contribution is 2.33. The molecule has 0 bridgehead atoms. The van der Waals surface area contributed by atoms with E-state index < -0.39 is 0 Å². The molecule has 4 rings (SSSR count). The number of amides is 1. The molecule has 2 aliphatic rings. The van der Waals surface area contributed by atoms with Crippen molar-refractivity contribution in [3.05, 3.63) is 52.4 Å². The number of rotatable bonds is 2. The maximum atomic E-state index is 12.8. The lowest BCUT2D eigenvalue weighted by Crippen LogP contribution is -2.37. The van der Waals surface area contributed by atoms with Crippen LogP contribution in [0.2, 0.25) is 0 Å². The lowest BCUT2D eigenvalue weighted by Gasteiger charge is -2.30. The Labute approximate surface area is 138 Å². The van der Waals surface area contributed by atoms with Gasteiger partial charge in [-0.1, -0.05) is 30.0 Å². The van der Waals surface area contributed by atoms with Gasteiger partial charge in [0.05, 0.1) is 6.04 Å². The first-order valence-electron chi connectivity index (χ1n) is 7.82. The first-order valence-corrected chi connectivity index (χ1v) is 8.81. The Bertz CT molecular complexity index is 817. The van der Waals surface area contributed by atoms with Crippen LogP contribution in [0.3, 0.4) is 0 Å². The average Bonchev–Trinajstić information content (AvgIpc) is 2.98. The number of nitrogens with zero attached hydrogens (tertiary/aromatic N) is 3. The van der Waals surface area contributed by atoms with Gasteiger partial charge in [0.2, 0.25) is 5.91 Å². The van der Waals surface area contributed by atoms with E-state index in [0.29, 0.717) is 11.6 Å². The van der Waals surface area contributed by atoms with Crippen LogP contribution >= 0.6 is 11.8 Å². The van der Waals surface area contributed by atoms with Crippen molar-refractivity contribution in [2.24, 2.45) is 0 Å². The third kappa shape index (κ3) is 2.57. The summed E-state index contributed by atoms with van der Waals surface area (Å²) in [7, 11) is 0. The van der Waals surface area contributed by atoms with Crippen LogP contribution < -0.4 is 10.5 Å². The van der Waals surface area contributed by atoms with Crippen molar-refractivity contribution in [1.29, 1.82) is 0 Å². The van der Waals surface area contributed by atoms with Crippen LogP contribution in [0.15, 0.2) is 46.5 Å². The molecule has 0 radical (unpaired) electrons. The Morgan fingerprint density at radius 1 is 1.30 bits per heavy atom. The number of anilines is 1.